The highest BCUT2D eigenvalue weighted by atomic mass is 79.9. The molecule has 0 bridgehead atoms. The Kier molecular flexibility index (Phi) is 4.37. The molecule has 112 valence electrons. The maximum atomic E-state index is 12.0. The van der Waals surface area contributed by atoms with Gasteiger partial charge in [-0.1, -0.05) is 0 Å². The number of aromatic nitrogens is 4. The fourth-order valence-electron chi connectivity index (χ4n) is 1.65. The van der Waals surface area contributed by atoms with Gasteiger partial charge in [-0.3, -0.25) is 13.9 Å². The van der Waals surface area contributed by atoms with E-state index in [0.29, 0.717) is 21.6 Å². The van der Waals surface area contributed by atoms with Crippen LogP contribution in [0.15, 0.2) is 30.4 Å². The van der Waals surface area contributed by atoms with Crippen LogP contribution in [0.1, 0.15) is 0 Å². The zero-order chi connectivity index (χ0) is 15.7. The van der Waals surface area contributed by atoms with Gasteiger partial charge in [0.25, 0.3) is 5.56 Å². The van der Waals surface area contributed by atoms with Crippen molar-refractivity contribution in [3.05, 3.63) is 31.6 Å². The number of nitrogens with zero attached hydrogens (tertiary/aromatic N) is 4. The summed E-state index contributed by atoms with van der Waals surface area (Å²) in [5.74, 6) is 0.484. The van der Waals surface area contributed by atoms with E-state index in [2.05, 4.69) is 31.2 Å². The van der Waals surface area contributed by atoms with Gasteiger partial charge < -0.3 is 11.1 Å². The molecular formula is C11H13BrN6O2S. The molecule has 0 saturated heterocycles. The Morgan fingerprint density at radius 1 is 1.29 bits per heavy atom. The summed E-state index contributed by atoms with van der Waals surface area (Å²) < 4.78 is 2.66. The lowest BCUT2D eigenvalue weighted by Gasteiger charge is -2.12. The van der Waals surface area contributed by atoms with Crippen molar-refractivity contribution in [1.29, 1.82) is 0 Å². The molecule has 0 spiro atoms. The molecular weight excluding hydrogens is 360 g/mol. The number of nitrogens with one attached hydrogen (secondary N) is 1. The van der Waals surface area contributed by atoms with E-state index >= 15 is 0 Å². The molecule has 2 aromatic rings. The molecule has 0 aliphatic rings. The summed E-state index contributed by atoms with van der Waals surface area (Å²) in [6.45, 7) is 0. The minimum absolute atomic E-state index is 0.279. The van der Waals surface area contributed by atoms with Gasteiger partial charge in [-0.25, -0.2) is 14.8 Å². The molecule has 0 radical (unpaired) electrons. The molecule has 0 fully saturated rings. The summed E-state index contributed by atoms with van der Waals surface area (Å²) in [6, 6.07) is 0. The first-order valence-corrected chi connectivity index (χ1v) is 7.41. The normalized spacial score (nSPS) is 10.7. The molecule has 0 amide bonds. The Bertz CT molecular complexity index is 778. The van der Waals surface area contributed by atoms with Crippen LogP contribution in [0.25, 0.3) is 0 Å². The zero-order valence-electron chi connectivity index (χ0n) is 11.5. The first kappa shape index (κ1) is 15.6. The summed E-state index contributed by atoms with van der Waals surface area (Å²) >= 11 is 4.34. The molecule has 10 heteroatoms. The van der Waals surface area contributed by atoms with Gasteiger partial charge in [-0.05, 0) is 27.7 Å². The summed E-state index contributed by atoms with van der Waals surface area (Å²) in [5, 5.41) is 3.73. The highest BCUT2D eigenvalue weighted by Gasteiger charge is 2.17. The maximum Gasteiger partial charge on any atom is 0.331 e. The van der Waals surface area contributed by atoms with E-state index in [-0.39, 0.29) is 4.47 Å². The van der Waals surface area contributed by atoms with Crippen LogP contribution in [0.5, 0.6) is 0 Å². The van der Waals surface area contributed by atoms with E-state index in [9.17, 15) is 9.59 Å². The van der Waals surface area contributed by atoms with E-state index in [0.717, 1.165) is 16.3 Å². The van der Waals surface area contributed by atoms with Crippen LogP contribution in [0.4, 0.5) is 11.5 Å². The molecule has 2 rings (SSSR count). The van der Waals surface area contributed by atoms with Gasteiger partial charge in [0.1, 0.15) is 26.5 Å². The van der Waals surface area contributed by atoms with Crippen molar-refractivity contribution in [3.63, 3.8) is 0 Å². The van der Waals surface area contributed by atoms with Crippen molar-refractivity contribution in [2.45, 2.75) is 10.1 Å². The van der Waals surface area contributed by atoms with E-state index in [1.807, 2.05) is 0 Å². The fourth-order valence-corrected chi connectivity index (χ4v) is 3.31. The number of nitrogens with two attached hydrogens (primary N) is 1. The van der Waals surface area contributed by atoms with Crippen LogP contribution >= 0.6 is 27.7 Å². The average Bonchev–Trinajstić information content (AvgIpc) is 2.49. The standard InChI is InChI=1S/C11H13BrN6O2S/c1-14-7-6(13)8(16-4-15-7)21-10-5(12)9(19)17(2)11(20)18(10)3/h4H,13H2,1-3H3,(H,14,15,16). The Balaban J connectivity index is 2.61. The summed E-state index contributed by atoms with van der Waals surface area (Å²) in [6.07, 6.45) is 1.36. The van der Waals surface area contributed by atoms with Gasteiger partial charge in [0, 0.05) is 21.1 Å². The Morgan fingerprint density at radius 2 is 1.95 bits per heavy atom. The lowest BCUT2D eigenvalue weighted by molar-refractivity contribution is 0.627. The lowest BCUT2D eigenvalue weighted by Crippen LogP contribution is -2.38. The monoisotopic (exact) mass is 372 g/mol. The van der Waals surface area contributed by atoms with Gasteiger partial charge in [0.15, 0.2) is 5.82 Å². The predicted molar refractivity (Wildman–Crippen MR) is 84.7 cm³/mol. The van der Waals surface area contributed by atoms with Crippen LogP contribution in [-0.2, 0) is 14.1 Å². The topological polar surface area (TPSA) is 108 Å². The molecule has 0 aromatic carbocycles. The van der Waals surface area contributed by atoms with Gasteiger partial charge >= 0.3 is 5.69 Å². The van der Waals surface area contributed by atoms with Crippen molar-refractivity contribution in [2.75, 3.05) is 18.1 Å². The van der Waals surface area contributed by atoms with E-state index in [4.69, 9.17) is 5.73 Å². The Hall–Kier alpha value is -1.81. The highest BCUT2D eigenvalue weighted by Crippen LogP contribution is 2.34. The summed E-state index contributed by atoms with van der Waals surface area (Å²) in [4.78, 5) is 32.0. The second kappa shape index (κ2) is 5.90. The zero-order valence-corrected chi connectivity index (χ0v) is 13.9. The third-order valence-electron chi connectivity index (χ3n) is 2.84. The van der Waals surface area contributed by atoms with Crippen LogP contribution < -0.4 is 22.3 Å². The van der Waals surface area contributed by atoms with Crippen molar-refractivity contribution in [2.24, 2.45) is 14.1 Å². The van der Waals surface area contributed by atoms with E-state index in [1.165, 1.54) is 17.9 Å². The first-order chi connectivity index (χ1) is 9.88. The molecule has 0 atom stereocenters. The number of hydrogen-bond donors (Lipinski definition) is 2. The molecule has 21 heavy (non-hydrogen) atoms. The number of hydrogen-bond acceptors (Lipinski definition) is 7. The number of anilines is 2. The minimum Gasteiger partial charge on any atom is -0.394 e. The quantitative estimate of drug-likeness (QED) is 0.751. The molecule has 8 nitrogen and oxygen atoms in total. The van der Waals surface area contributed by atoms with Crippen LogP contribution in [0.3, 0.4) is 0 Å². The molecule has 0 aliphatic carbocycles. The smallest absolute Gasteiger partial charge is 0.331 e. The molecule has 2 aromatic heterocycles. The van der Waals surface area contributed by atoms with Gasteiger partial charge in [-0.2, -0.15) is 0 Å². The molecule has 0 aliphatic heterocycles. The van der Waals surface area contributed by atoms with Gasteiger partial charge in [-0.15, -0.1) is 0 Å². The van der Waals surface area contributed by atoms with Crippen LogP contribution in [0, 0.1) is 0 Å². The molecule has 0 unspecified atom stereocenters. The van der Waals surface area contributed by atoms with Gasteiger partial charge in [0.05, 0.1) is 0 Å². The molecule has 2 heterocycles. The third-order valence-corrected chi connectivity index (χ3v) is 5.00. The van der Waals surface area contributed by atoms with Crippen LogP contribution in [-0.4, -0.2) is 26.1 Å². The van der Waals surface area contributed by atoms with Crippen molar-refractivity contribution < 1.29 is 0 Å². The highest BCUT2D eigenvalue weighted by molar-refractivity contribution is 9.10. The summed E-state index contributed by atoms with van der Waals surface area (Å²) in [7, 11) is 4.68. The van der Waals surface area contributed by atoms with Crippen molar-refractivity contribution in [3.8, 4) is 0 Å². The number of halogens is 1. The summed E-state index contributed by atoms with van der Waals surface area (Å²) in [5.41, 5.74) is 5.47. The lowest BCUT2D eigenvalue weighted by atomic mass is 10.5. The molecule has 0 saturated carbocycles. The second-order valence-corrected chi connectivity index (χ2v) is 5.89. The first-order valence-electron chi connectivity index (χ1n) is 5.80. The average molecular weight is 373 g/mol. The fraction of sp³-hybridized carbons (Fsp3) is 0.273. The van der Waals surface area contributed by atoms with Crippen molar-refractivity contribution >= 4 is 39.2 Å². The SMILES string of the molecule is CNc1ncnc(Sc2c(Br)c(=O)n(C)c(=O)n2C)c1N. The second-order valence-electron chi connectivity index (χ2n) is 4.12. The number of nitrogen functional groups attached to an aromatic ring is 1. The largest absolute Gasteiger partial charge is 0.394 e. The maximum absolute atomic E-state index is 12.0. The number of rotatable bonds is 3. The van der Waals surface area contributed by atoms with Gasteiger partial charge in [0.2, 0.25) is 0 Å². The van der Waals surface area contributed by atoms with Crippen LogP contribution in [0.2, 0.25) is 0 Å². The Morgan fingerprint density at radius 3 is 2.57 bits per heavy atom. The third kappa shape index (κ3) is 2.68. The Labute approximate surface area is 132 Å². The van der Waals surface area contributed by atoms with Crippen molar-refractivity contribution in [1.82, 2.24) is 19.1 Å². The van der Waals surface area contributed by atoms with E-state index in [1.54, 1.807) is 14.1 Å². The predicted octanol–water partition coefficient (Wildman–Crippen LogP) is 0.412. The van der Waals surface area contributed by atoms with E-state index < -0.39 is 11.2 Å². The minimum atomic E-state index is -0.424. The molecule has 3 N–H and O–H groups in total.